The summed E-state index contributed by atoms with van der Waals surface area (Å²) in [5.41, 5.74) is 1.70. The Balaban J connectivity index is 0.000000468. The van der Waals surface area contributed by atoms with Gasteiger partial charge >= 0.3 is 0 Å². The highest BCUT2D eigenvalue weighted by Crippen LogP contribution is 2.39. The summed E-state index contributed by atoms with van der Waals surface area (Å²) < 4.78 is 0. The van der Waals surface area contributed by atoms with Crippen LogP contribution in [0.1, 0.15) is 67.9 Å². The fraction of sp³-hybridized carbons (Fsp3) is 0.588. The van der Waals surface area contributed by atoms with Gasteiger partial charge in [-0.3, -0.25) is 4.79 Å². The molecule has 2 aliphatic rings. The van der Waals surface area contributed by atoms with E-state index in [0.29, 0.717) is 22.6 Å². The topological polar surface area (TPSA) is 90.9 Å². The van der Waals surface area contributed by atoms with E-state index in [0.717, 1.165) is 18.5 Å². The van der Waals surface area contributed by atoms with E-state index >= 15 is 0 Å². The number of aromatic amines is 1. The van der Waals surface area contributed by atoms with Crippen LogP contribution in [0.25, 0.3) is 11.2 Å². The second kappa shape index (κ2) is 6.28. The molecular weight excluding hydrogens is 292 g/mol. The number of carbonyl (C=O) groups excluding carboxylic acids is 1. The molecule has 0 bridgehead atoms. The van der Waals surface area contributed by atoms with Crippen molar-refractivity contribution in [1.29, 1.82) is 0 Å². The first-order valence-electron chi connectivity index (χ1n) is 8.29. The van der Waals surface area contributed by atoms with E-state index in [1.54, 1.807) is 26.2 Å². The van der Waals surface area contributed by atoms with E-state index < -0.39 is 5.60 Å². The number of aliphatic hydroxyl groups is 1. The van der Waals surface area contributed by atoms with Crippen LogP contribution in [0.5, 0.6) is 0 Å². The number of hydrogen-bond acceptors (Lipinski definition) is 4. The maximum Gasteiger partial charge on any atom is 0.255 e. The maximum absolute atomic E-state index is 12.2. The van der Waals surface area contributed by atoms with Gasteiger partial charge in [-0.05, 0) is 26.7 Å². The fourth-order valence-corrected chi connectivity index (χ4v) is 2.05. The molecule has 0 radical (unpaired) electrons. The number of nitrogens with zero attached hydrogens (tertiary/aromatic N) is 2. The van der Waals surface area contributed by atoms with Crippen LogP contribution in [0.2, 0.25) is 0 Å². The summed E-state index contributed by atoms with van der Waals surface area (Å²) in [5, 5.41) is 12.4. The highest BCUT2D eigenvalue weighted by Gasteiger charge is 2.26. The largest absolute Gasteiger partial charge is 0.389 e. The molecular formula is C17H24N4O2. The normalized spacial score (nSPS) is 16.7. The van der Waals surface area contributed by atoms with Gasteiger partial charge in [0.15, 0.2) is 5.65 Å². The molecule has 0 saturated heterocycles. The zero-order valence-electron chi connectivity index (χ0n) is 13.7. The van der Waals surface area contributed by atoms with Gasteiger partial charge in [0.25, 0.3) is 5.91 Å². The molecule has 0 aromatic carbocycles. The molecule has 0 atom stereocenters. The molecule has 6 nitrogen and oxygen atoms in total. The lowest BCUT2D eigenvalue weighted by Gasteiger charge is -2.17. The van der Waals surface area contributed by atoms with Crippen LogP contribution in [-0.2, 0) is 0 Å². The third-order valence-corrected chi connectivity index (χ3v) is 3.67. The van der Waals surface area contributed by atoms with Gasteiger partial charge in [-0.15, -0.1) is 0 Å². The molecule has 0 unspecified atom stereocenters. The Kier molecular flexibility index (Phi) is 4.35. The lowest BCUT2D eigenvalue weighted by molar-refractivity contribution is 0.0695. The van der Waals surface area contributed by atoms with Crippen molar-refractivity contribution in [2.45, 2.75) is 57.5 Å². The van der Waals surface area contributed by atoms with Gasteiger partial charge < -0.3 is 15.4 Å². The number of H-pyrrole nitrogens is 1. The van der Waals surface area contributed by atoms with Gasteiger partial charge in [-0.1, -0.05) is 19.3 Å². The number of carbonyl (C=O) groups is 1. The Morgan fingerprint density at radius 3 is 2.65 bits per heavy atom. The average molecular weight is 316 g/mol. The van der Waals surface area contributed by atoms with Crippen LogP contribution in [0.15, 0.2) is 12.4 Å². The number of rotatable bonds is 4. The molecule has 2 heterocycles. The minimum atomic E-state index is -0.938. The van der Waals surface area contributed by atoms with Crippen LogP contribution in [0, 0.1) is 0 Å². The van der Waals surface area contributed by atoms with Crippen molar-refractivity contribution in [3.05, 3.63) is 23.7 Å². The summed E-state index contributed by atoms with van der Waals surface area (Å²) in [6, 6.07) is 0. The van der Waals surface area contributed by atoms with Gasteiger partial charge in [0.2, 0.25) is 0 Å². The minimum absolute atomic E-state index is 0.189. The smallest absolute Gasteiger partial charge is 0.255 e. The molecule has 0 aliphatic heterocycles. The number of nitrogens with one attached hydrogen (secondary N) is 2. The standard InChI is InChI=1S/C14H18N4O2.C3H6/c1-14(2,20)7-17-13(19)9-5-15-12-11(9)18-10(6-16-12)8-3-4-8;1-2-3-1/h5-6,8,20H,3-4,7H2,1-2H3,(H,15,16)(H,17,19);1-3H2. The highest BCUT2D eigenvalue weighted by molar-refractivity contribution is 6.04. The van der Waals surface area contributed by atoms with Crippen LogP contribution >= 0.6 is 0 Å². The van der Waals surface area contributed by atoms with Gasteiger partial charge in [-0.2, -0.15) is 0 Å². The second-order valence-corrected chi connectivity index (χ2v) is 7.02. The SMILES string of the molecule is C1CC1.CC(C)(O)CNC(=O)c1c[nH]c2ncc(C3CC3)nc12. The Morgan fingerprint density at radius 2 is 2.09 bits per heavy atom. The van der Waals surface area contributed by atoms with Crippen LogP contribution in [-0.4, -0.2) is 38.1 Å². The molecule has 2 aromatic rings. The molecule has 2 aromatic heterocycles. The maximum atomic E-state index is 12.2. The molecule has 1 amide bonds. The van der Waals surface area contributed by atoms with E-state index in [1.807, 2.05) is 0 Å². The molecule has 2 saturated carbocycles. The predicted octanol–water partition coefficient (Wildman–Crippen LogP) is 2.51. The van der Waals surface area contributed by atoms with Gasteiger partial charge in [0.05, 0.1) is 23.1 Å². The van der Waals surface area contributed by atoms with E-state index in [9.17, 15) is 9.90 Å². The van der Waals surface area contributed by atoms with Crippen LogP contribution in [0.4, 0.5) is 0 Å². The van der Waals surface area contributed by atoms with Crippen LogP contribution < -0.4 is 5.32 Å². The Labute approximate surface area is 135 Å². The molecule has 6 heteroatoms. The summed E-state index contributed by atoms with van der Waals surface area (Å²) in [6.45, 7) is 3.48. The number of fused-ring (bicyclic) bond motifs is 1. The summed E-state index contributed by atoms with van der Waals surface area (Å²) in [4.78, 5) is 24.0. The Bertz CT molecular complexity index is 693. The van der Waals surface area contributed by atoms with Crippen molar-refractivity contribution in [2.24, 2.45) is 0 Å². The summed E-state index contributed by atoms with van der Waals surface area (Å²) in [5.74, 6) is 0.245. The summed E-state index contributed by atoms with van der Waals surface area (Å²) in [7, 11) is 0. The third-order valence-electron chi connectivity index (χ3n) is 3.67. The fourth-order valence-electron chi connectivity index (χ4n) is 2.05. The van der Waals surface area contributed by atoms with Crippen molar-refractivity contribution >= 4 is 17.1 Å². The van der Waals surface area contributed by atoms with E-state index in [1.165, 1.54) is 19.3 Å². The number of hydrogen-bond donors (Lipinski definition) is 3. The lowest BCUT2D eigenvalue weighted by Crippen LogP contribution is -2.38. The first kappa shape index (κ1) is 15.9. The van der Waals surface area contributed by atoms with Gasteiger partial charge in [-0.25, -0.2) is 9.97 Å². The summed E-state index contributed by atoms with van der Waals surface area (Å²) in [6.07, 6.45) is 10.2. The zero-order valence-corrected chi connectivity index (χ0v) is 13.7. The molecule has 23 heavy (non-hydrogen) atoms. The highest BCUT2D eigenvalue weighted by atomic mass is 16.3. The molecule has 2 aliphatic carbocycles. The molecule has 0 spiro atoms. The monoisotopic (exact) mass is 316 g/mol. The lowest BCUT2D eigenvalue weighted by atomic mass is 10.1. The average Bonchev–Trinajstić information content (AvgIpc) is 3.38. The Morgan fingerprint density at radius 1 is 1.39 bits per heavy atom. The molecule has 4 rings (SSSR count). The molecule has 2 fully saturated rings. The zero-order chi connectivity index (χ0) is 16.4. The van der Waals surface area contributed by atoms with Crippen molar-refractivity contribution in [3.8, 4) is 0 Å². The van der Waals surface area contributed by atoms with E-state index in [2.05, 4.69) is 20.3 Å². The summed E-state index contributed by atoms with van der Waals surface area (Å²) >= 11 is 0. The number of amides is 1. The van der Waals surface area contributed by atoms with Gasteiger partial charge in [0, 0.05) is 18.7 Å². The molecule has 124 valence electrons. The van der Waals surface area contributed by atoms with E-state index in [4.69, 9.17) is 0 Å². The van der Waals surface area contributed by atoms with Crippen molar-refractivity contribution in [3.63, 3.8) is 0 Å². The van der Waals surface area contributed by atoms with Crippen molar-refractivity contribution in [1.82, 2.24) is 20.3 Å². The Hall–Kier alpha value is -1.95. The third kappa shape index (κ3) is 4.51. The van der Waals surface area contributed by atoms with E-state index in [-0.39, 0.29) is 12.5 Å². The van der Waals surface area contributed by atoms with Crippen LogP contribution in [0.3, 0.4) is 0 Å². The van der Waals surface area contributed by atoms with Gasteiger partial charge in [0.1, 0.15) is 5.52 Å². The molecule has 3 N–H and O–H groups in total. The predicted molar refractivity (Wildman–Crippen MR) is 88.3 cm³/mol. The van der Waals surface area contributed by atoms with Crippen molar-refractivity contribution in [2.75, 3.05) is 6.54 Å². The quantitative estimate of drug-likeness (QED) is 0.808. The second-order valence-electron chi connectivity index (χ2n) is 7.02. The first-order valence-corrected chi connectivity index (χ1v) is 8.29. The minimum Gasteiger partial charge on any atom is -0.389 e. The van der Waals surface area contributed by atoms with Crippen molar-refractivity contribution < 1.29 is 9.90 Å². The first-order chi connectivity index (χ1) is 10.9. The number of aromatic nitrogens is 3.